The molecule has 1 aliphatic heterocycles. The number of nitrogens with zero attached hydrogens (tertiary/aromatic N) is 1. The quantitative estimate of drug-likeness (QED) is 0.607. The van der Waals surface area contributed by atoms with Gasteiger partial charge in [0.25, 0.3) is 0 Å². The van der Waals surface area contributed by atoms with Crippen LogP contribution in [0.25, 0.3) is 0 Å². The highest BCUT2D eigenvalue weighted by Crippen LogP contribution is 2.43. The maximum atomic E-state index is 6.34. The molecule has 1 aromatic rings. The molecule has 0 radical (unpaired) electrons. The van der Waals surface area contributed by atoms with E-state index in [0.29, 0.717) is 17.1 Å². The van der Waals surface area contributed by atoms with Crippen LogP contribution in [-0.2, 0) is 4.43 Å². The molecule has 0 aliphatic carbocycles. The molecule has 0 saturated carbocycles. The minimum absolute atomic E-state index is 0.294. The molecule has 1 saturated heterocycles. The van der Waals surface area contributed by atoms with Gasteiger partial charge < -0.3 is 4.43 Å². The lowest BCUT2D eigenvalue weighted by Gasteiger charge is -2.36. The van der Waals surface area contributed by atoms with Gasteiger partial charge in [-0.2, -0.15) is 0 Å². The summed E-state index contributed by atoms with van der Waals surface area (Å²) >= 11 is 0. The maximum Gasteiger partial charge on any atom is 0.192 e. The minimum atomic E-state index is -1.61. The summed E-state index contributed by atoms with van der Waals surface area (Å²) in [5.41, 5.74) is 1.41. The molecule has 2 nitrogen and oxygen atoms in total. The summed E-state index contributed by atoms with van der Waals surface area (Å²) in [6.45, 7) is 12.4. The third kappa shape index (κ3) is 3.10. The fourth-order valence-corrected chi connectivity index (χ4v) is 3.25. The van der Waals surface area contributed by atoms with Gasteiger partial charge in [-0.1, -0.05) is 51.1 Å². The lowest BCUT2D eigenvalue weighted by atomic mass is 10.1. The molecule has 1 fully saturated rings. The predicted octanol–water partition coefficient (Wildman–Crippen LogP) is 4.06. The first-order chi connectivity index (χ1) is 8.74. The van der Waals surface area contributed by atoms with Crippen molar-refractivity contribution in [2.24, 2.45) is 0 Å². The van der Waals surface area contributed by atoms with Crippen molar-refractivity contribution < 1.29 is 4.43 Å². The fraction of sp³-hybridized carbons (Fsp3) is 0.625. The highest BCUT2D eigenvalue weighted by Gasteiger charge is 2.47. The Balaban J connectivity index is 1.93. The molecular formula is C16H27NOSi. The molecule has 0 amide bonds. The first kappa shape index (κ1) is 14.8. The molecule has 3 heteroatoms. The van der Waals surface area contributed by atoms with Crippen molar-refractivity contribution >= 4 is 8.32 Å². The Labute approximate surface area is 118 Å². The summed E-state index contributed by atoms with van der Waals surface area (Å²) in [6, 6.07) is 11.8. The third-order valence-corrected chi connectivity index (χ3v) is 9.30. The number of likely N-dealkylation sites (N-methyl/N-ethyl adjacent to an activating group) is 1. The monoisotopic (exact) mass is 277 g/mol. The molecule has 1 unspecified atom stereocenters. The molecule has 1 aromatic carbocycles. The van der Waals surface area contributed by atoms with E-state index in [1.807, 2.05) is 0 Å². The summed E-state index contributed by atoms with van der Waals surface area (Å²) in [5, 5.41) is 0.294. The van der Waals surface area contributed by atoms with E-state index >= 15 is 0 Å². The van der Waals surface area contributed by atoms with Gasteiger partial charge >= 0.3 is 0 Å². The van der Waals surface area contributed by atoms with Crippen molar-refractivity contribution in [1.29, 1.82) is 0 Å². The Morgan fingerprint density at radius 2 is 1.74 bits per heavy atom. The number of hydrogen-bond donors (Lipinski definition) is 0. The molecule has 1 aliphatic rings. The van der Waals surface area contributed by atoms with E-state index in [2.05, 4.69) is 76.1 Å². The van der Waals surface area contributed by atoms with Crippen LogP contribution in [0, 0.1) is 0 Å². The van der Waals surface area contributed by atoms with Crippen LogP contribution in [0.3, 0.4) is 0 Å². The van der Waals surface area contributed by atoms with E-state index in [1.165, 1.54) is 5.56 Å². The Hall–Kier alpha value is -0.643. The van der Waals surface area contributed by atoms with Gasteiger partial charge in [-0.05, 0) is 30.7 Å². The predicted molar refractivity (Wildman–Crippen MR) is 83.9 cm³/mol. The van der Waals surface area contributed by atoms with E-state index in [0.717, 1.165) is 6.61 Å². The second-order valence-electron chi connectivity index (χ2n) is 7.16. The minimum Gasteiger partial charge on any atom is -0.415 e. The average molecular weight is 277 g/mol. The van der Waals surface area contributed by atoms with Gasteiger partial charge in [0, 0.05) is 0 Å². The molecule has 0 N–H and O–H groups in total. The molecular weight excluding hydrogens is 250 g/mol. The van der Waals surface area contributed by atoms with Crippen molar-refractivity contribution in [3.8, 4) is 0 Å². The zero-order valence-electron chi connectivity index (χ0n) is 13.1. The van der Waals surface area contributed by atoms with E-state index in [1.54, 1.807) is 0 Å². The summed E-state index contributed by atoms with van der Waals surface area (Å²) in [5.74, 6) is 0. The van der Waals surface area contributed by atoms with Gasteiger partial charge in [-0.3, -0.25) is 4.90 Å². The van der Waals surface area contributed by atoms with Gasteiger partial charge in [0.15, 0.2) is 8.32 Å². The topological polar surface area (TPSA) is 12.2 Å². The lowest BCUT2D eigenvalue weighted by molar-refractivity contribution is 0.275. The van der Waals surface area contributed by atoms with E-state index < -0.39 is 8.32 Å². The van der Waals surface area contributed by atoms with E-state index in [-0.39, 0.29) is 0 Å². The highest BCUT2D eigenvalue weighted by atomic mass is 28.4. The Bertz CT molecular complexity index is 424. The summed E-state index contributed by atoms with van der Waals surface area (Å²) < 4.78 is 6.34. The molecule has 1 heterocycles. The number of hydrogen-bond acceptors (Lipinski definition) is 2. The first-order valence-corrected chi connectivity index (χ1v) is 10.1. The zero-order valence-corrected chi connectivity index (χ0v) is 14.1. The van der Waals surface area contributed by atoms with Gasteiger partial charge in [0.05, 0.1) is 18.7 Å². The molecule has 0 bridgehead atoms. The van der Waals surface area contributed by atoms with Crippen LogP contribution in [0.1, 0.15) is 32.4 Å². The number of rotatable bonds is 4. The normalized spacial score (nSPS) is 27.4. The van der Waals surface area contributed by atoms with Gasteiger partial charge in [-0.25, -0.2) is 0 Å². The van der Waals surface area contributed by atoms with Crippen molar-refractivity contribution in [1.82, 2.24) is 4.90 Å². The standard InChI is InChI=1S/C16H27NOSi/c1-16(2,3)19(5,6)18-12-14-15(17(14)4)13-10-8-7-9-11-13/h7-11,14-15H,12H2,1-6H3/t14-,15-,17?/m1/s1. The second kappa shape index (κ2) is 5.04. The lowest BCUT2D eigenvalue weighted by Crippen LogP contribution is -2.41. The van der Waals surface area contributed by atoms with E-state index in [9.17, 15) is 0 Å². The van der Waals surface area contributed by atoms with Crippen LogP contribution in [0.5, 0.6) is 0 Å². The number of benzene rings is 1. The maximum absolute atomic E-state index is 6.34. The van der Waals surface area contributed by atoms with Crippen molar-refractivity contribution in [3.63, 3.8) is 0 Å². The fourth-order valence-electron chi connectivity index (χ4n) is 2.23. The van der Waals surface area contributed by atoms with Crippen LogP contribution < -0.4 is 0 Å². The summed E-state index contributed by atoms with van der Waals surface area (Å²) in [6.07, 6.45) is 0. The summed E-state index contributed by atoms with van der Waals surface area (Å²) in [7, 11) is 0.577. The van der Waals surface area contributed by atoms with E-state index in [4.69, 9.17) is 4.43 Å². The molecule has 0 spiro atoms. The van der Waals surface area contributed by atoms with Crippen LogP contribution >= 0.6 is 0 Å². The van der Waals surface area contributed by atoms with Crippen molar-refractivity contribution in [2.45, 2.75) is 51.0 Å². The van der Waals surface area contributed by atoms with Crippen molar-refractivity contribution in [3.05, 3.63) is 35.9 Å². The molecule has 0 aromatic heterocycles. The SMILES string of the molecule is CN1[C@H](CO[Si](C)(C)C(C)(C)C)[C@H]1c1ccccc1. The van der Waals surface area contributed by atoms with Crippen LogP contribution in [-0.4, -0.2) is 32.9 Å². The molecule has 19 heavy (non-hydrogen) atoms. The van der Waals surface area contributed by atoms with Crippen LogP contribution in [0.15, 0.2) is 30.3 Å². The highest BCUT2D eigenvalue weighted by molar-refractivity contribution is 6.74. The molecule has 2 rings (SSSR count). The smallest absolute Gasteiger partial charge is 0.192 e. The van der Waals surface area contributed by atoms with Gasteiger partial charge in [-0.15, -0.1) is 0 Å². The van der Waals surface area contributed by atoms with Gasteiger partial charge in [0.1, 0.15) is 0 Å². The van der Waals surface area contributed by atoms with Crippen molar-refractivity contribution in [2.75, 3.05) is 13.7 Å². The largest absolute Gasteiger partial charge is 0.415 e. The van der Waals surface area contributed by atoms with Crippen LogP contribution in [0.2, 0.25) is 18.1 Å². The summed E-state index contributed by atoms with van der Waals surface area (Å²) in [4.78, 5) is 2.41. The average Bonchev–Trinajstić information content (AvgIpc) is 2.97. The Morgan fingerprint density at radius 3 is 2.26 bits per heavy atom. The first-order valence-electron chi connectivity index (χ1n) is 7.15. The third-order valence-electron chi connectivity index (χ3n) is 4.80. The Kier molecular flexibility index (Phi) is 3.91. The molecule has 106 valence electrons. The molecule has 3 atom stereocenters. The zero-order chi connectivity index (χ0) is 14.3. The Morgan fingerprint density at radius 1 is 1.16 bits per heavy atom. The van der Waals surface area contributed by atoms with Gasteiger partial charge in [0.2, 0.25) is 0 Å². The second-order valence-corrected chi connectivity index (χ2v) is 12.0. The van der Waals surface area contributed by atoms with Crippen LogP contribution in [0.4, 0.5) is 0 Å².